The van der Waals surface area contributed by atoms with Gasteiger partial charge in [0.05, 0.1) is 0 Å². The molecule has 466 valence electrons. The number of carbonyl (C=O) groups excluding carboxylic acids is 3. The third kappa shape index (κ3) is 67.0. The predicted molar refractivity (Wildman–Crippen MR) is 353 cm³/mol. The summed E-state index contributed by atoms with van der Waals surface area (Å²) in [7, 11) is 0. The molecule has 0 aliphatic heterocycles. The van der Waals surface area contributed by atoms with Gasteiger partial charge in [0.25, 0.3) is 0 Å². The number of esters is 3. The van der Waals surface area contributed by atoms with Crippen LogP contribution in [0.15, 0.2) is 97.2 Å². The zero-order valence-electron chi connectivity index (χ0n) is 53.5. The summed E-state index contributed by atoms with van der Waals surface area (Å²) in [4.78, 5) is 38.4. The van der Waals surface area contributed by atoms with Gasteiger partial charge in [-0.3, -0.25) is 14.4 Å². The lowest BCUT2D eigenvalue weighted by atomic mass is 10.0. The molecule has 6 nitrogen and oxygen atoms in total. The first kappa shape index (κ1) is 77.3. The zero-order chi connectivity index (χ0) is 58.5. The third-order valence-electron chi connectivity index (χ3n) is 15.1. The minimum Gasteiger partial charge on any atom is -0.462 e. The van der Waals surface area contributed by atoms with Gasteiger partial charge in [-0.1, -0.05) is 323 Å². The topological polar surface area (TPSA) is 78.9 Å². The molecule has 81 heavy (non-hydrogen) atoms. The quantitative estimate of drug-likeness (QED) is 0.0261. The largest absolute Gasteiger partial charge is 0.462 e. The van der Waals surface area contributed by atoms with Gasteiger partial charge in [0, 0.05) is 19.3 Å². The number of rotatable bonds is 63. The monoisotopic (exact) mass is 1130 g/mol. The molecule has 1 atom stereocenters. The summed E-state index contributed by atoms with van der Waals surface area (Å²) in [6.45, 7) is 6.43. The highest BCUT2D eigenvalue weighted by atomic mass is 16.6. The van der Waals surface area contributed by atoms with Crippen molar-refractivity contribution in [3.8, 4) is 0 Å². The summed E-state index contributed by atoms with van der Waals surface area (Å²) in [5, 5.41) is 0. The Morgan fingerprint density at radius 2 is 0.481 bits per heavy atom. The second kappa shape index (κ2) is 68.8. The maximum atomic E-state index is 12.9. The highest BCUT2D eigenvalue weighted by Gasteiger charge is 2.19. The van der Waals surface area contributed by atoms with E-state index in [1.807, 2.05) is 0 Å². The van der Waals surface area contributed by atoms with Crippen molar-refractivity contribution in [2.24, 2.45) is 0 Å². The van der Waals surface area contributed by atoms with E-state index < -0.39 is 6.10 Å². The first-order valence-corrected chi connectivity index (χ1v) is 34.7. The molecule has 6 heteroatoms. The van der Waals surface area contributed by atoms with E-state index >= 15 is 0 Å². The Balaban J connectivity index is 4.22. The highest BCUT2D eigenvalue weighted by molar-refractivity contribution is 5.71. The first-order valence-electron chi connectivity index (χ1n) is 34.7. The lowest BCUT2D eigenvalue weighted by molar-refractivity contribution is -0.167. The molecule has 0 heterocycles. The number of carbonyl (C=O) groups is 3. The molecular formula is C75H130O6. The van der Waals surface area contributed by atoms with Crippen molar-refractivity contribution in [2.45, 2.75) is 348 Å². The fourth-order valence-corrected chi connectivity index (χ4v) is 9.96. The molecule has 0 aromatic heterocycles. The second-order valence-electron chi connectivity index (χ2n) is 23.0. The van der Waals surface area contributed by atoms with Crippen LogP contribution in [-0.4, -0.2) is 37.2 Å². The minimum absolute atomic E-state index is 0.0829. The molecule has 0 aliphatic rings. The summed E-state index contributed by atoms with van der Waals surface area (Å²) in [5.74, 6) is -0.896. The van der Waals surface area contributed by atoms with Gasteiger partial charge in [0.1, 0.15) is 13.2 Å². The Kier molecular flexibility index (Phi) is 65.7. The van der Waals surface area contributed by atoms with E-state index in [4.69, 9.17) is 14.2 Å². The van der Waals surface area contributed by atoms with E-state index in [1.165, 1.54) is 186 Å². The summed E-state index contributed by atoms with van der Waals surface area (Å²) < 4.78 is 16.9. The van der Waals surface area contributed by atoms with Crippen molar-refractivity contribution in [2.75, 3.05) is 13.2 Å². The van der Waals surface area contributed by atoms with Gasteiger partial charge in [0.15, 0.2) is 6.10 Å². The molecule has 0 amide bonds. The number of ether oxygens (including phenoxy) is 3. The molecule has 0 aromatic carbocycles. The van der Waals surface area contributed by atoms with Crippen LogP contribution in [0.1, 0.15) is 342 Å². The summed E-state index contributed by atoms with van der Waals surface area (Å²) in [5.41, 5.74) is 0. The Morgan fingerprint density at radius 1 is 0.259 bits per heavy atom. The number of allylic oxidation sites excluding steroid dienone is 16. The van der Waals surface area contributed by atoms with Crippen molar-refractivity contribution in [1.82, 2.24) is 0 Å². The number of hydrogen-bond acceptors (Lipinski definition) is 6. The van der Waals surface area contributed by atoms with E-state index in [0.29, 0.717) is 19.3 Å². The predicted octanol–water partition coefficient (Wildman–Crippen LogP) is 24.0. The van der Waals surface area contributed by atoms with Crippen LogP contribution in [0.5, 0.6) is 0 Å². The van der Waals surface area contributed by atoms with E-state index in [1.54, 1.807) is 0 Å². The highest BCUT2D eigenvalue weighted by Crippen LogP contribution is 2.18. The Bertz CT molecular complexity index is 1580. The standard InChI is InChI=1S/C75H130O6/c1-4-7-10-13-16-19-22-25-27-29-31-32-33-34-35-36-37-38-39-40-41-42-44-45-47-50-53-56-59-62-65-68-74(77)80-71-72(70-79-73(76)67-64-61-58-55-52-49-24-21-18-15-12-9-6-3)81-75(78)69-66-63-60-57-54-51-48-46-43-30-28-26-23-20-17-14-11-8-5-2/h7,9-10,12,16,18-19,21,25,27,31-32,34-35,49,52,72H,4-6,8,11,13-15,17,20,22-24,26,28-30,33,36-48,50-51,53-71H2,1-3H3/b10-7-,12-9-,19-16-,21-18-,27-25-,32-31-,35-34-,52-49-. The minimum atomic E-state index is -0.788. The molecule has 0 N–H and O–H groups in total. The number of hydrogen-bond donors (Lipinski definition) is 0. The van der Waals surface area contributed by atoms with Crippen molar-refractivity contribution in [1.29, 1.82) is 0 Å². The molecule has 0 bridgehead atoms. The Hall–Kier alpha value is -3.67. The van der Waals surface area contributed by atoms with E-state index in [0.717, 1.165) is 116 Å². The van der Waals surface area contributed by atoms with Crippen LogP contribution in [0.2, 0.25) is 0 Å². The lowest BCUT2D eigenvalue weighted by Gasteiger charge is -2.18. The maximum Gasteiger partial charge on any atom is 0.306 e. The molecule has 0 spiro atoms. The van der Waals surface area contributed by atoms with E-state index in [2.05, 4.69) is 118 Å². The van der Waals surface area contributed by atoms with Crippen LogP contribution >= 0.6 is 0 Å². The lowest BCUT2D eigenvalue weighted by Crippen LogP contribution is -2.30. The molecule has 1 unspecified atom stereocenters. The van der Waals surface area contributed by atoms with E-state index in [-0.39, 0.29) is 31.1 Å². The van der Waals surface area contributed by atoms with Gasteiger partial charge in [0.2, 0.25) is 0 Å². The molecule has 0 rings (SSSR count). The van der Waals surface area contributed by atoms with Gasteiger partial charge in [-0.25, -0.2) is 0 Å². The van der Waals surface area contributed by atoms with Crippen LogP contribution in [0.25, 0.3) is 0 Å². The van der Waals surface area contributed by atoms with Crippen molar-refractivity contribution >= 4 is 17.9 Å². The molecular weight excluding hydrogens is 997 g/mol. The van der Waals surface area contributed by atoms with Crippen LogP contribution in [0.4, 0.5) is 0 Å². The van der Waals surface area contributed by atoms with Crippen LogP contribution in [0.3, 0.4) is 0 Å². The Morgan fingerprint density at radius 3 is 0.765 bits per heavy atom. The molecule has 0 saturated carbocycles. The van der Waals surface area contributed by atoms with Crippen molar-refractivity contribution < 1.29 is 28.6 Å². The third-order valence-corrected chi connectivity index (χ3v) is 15.1. The summed E-state index contributed by atoms with van der Waals surface area (Å²) >= 11 is 0. The van der Waals surface area contributed by atoms with Gasteiger partial charge < -0.3 is 14.2 Å². The van der Waals surface area contributed by atoms with Gasteiger partial charge >= 0.3 is 17.9 Å². The molecule has 0 aromatic rings. The van der Waals surface area contributed by atoms with Crippen LogP contribution in [-0.2, 0) is 28.6 Å². The first-order chi connectivity index (χ1) is 40.0. The van der Waals surface area contributed by atoms with Crippen LogP contribution in [0, 0.1) is 0 Å². The maximum absolute atomic E-state index is 12.9. The average molecular weight is 1130 g/mol. The molecule has 0 aliphatic carbocycles. The number of unbranched alkanes of at least 4 members (excludes halogenated alkanes) is 36. The van der Waals surface area contributed by atoms with Crippen molar-refractivity contribution in [3.05, 3.63) is 97.2 Å². The molecule has 0 saturated heterocycles. The van der Waals surface area contributed by atoms with Gasteiger partial charge in [-0.15, -0.1) is 0 Å². The fourth-order valence-electron chi connectivity index (χ4n) is 9.96. The smallest absolute Gasteiger partial charge is 0.306 e. The van der Waals surface area contributed by atoms with Gasteiger partial charge in [-0.05, 0) is 96.3 Å². The molecule has 0 radical (unpaired) electrons. The van der Waals surface area contributed by atoms with Crippen LogP contribution < -0.4 is 0 Å². The molecule has 0 fully saturated rings. The Labute approximate surface area is 502 Å². The normalized spacial score (nSPS) is 12.7. The van der Waals surface area contributed by atoms with Crippen molar-refractivity contribution in [3.63, 3.8) is 0 Å². The van der Waals surface area contributed by atoms with Gasteiger partial charge in [-0.2, -0.15) is 0 Å². The SMILES string of the molecule is CC/C=C\C/C=C\C/C=C\C/C=C\C/C=C\CCCCCCCCCCCCCCCCCC(=O)OCC(COC(=O)CCCCC/C=C\C/C=C\C/C=C\CC)OC(=O)CCCCCCCCCCCCCCCCCCCCC. The van der Waals surface area contributed by atoms with E-state index in [9.17, 15) is 14.4 Å². The average Bonchev–Trinajstić information content (AvgIpc) is 3.46. The fraction of sp³-hybridized carbons (Fsp3) is 0.747. The zero-order valence-corrected chi connectivity index (χ0v) is 53.5. The summed E-state index contributed by atoms with van der Waals surface area (Å²) in [6, 6.07) is 0. The summed E-state index contributed by atoms with van der Waals surface area (Å²) in [6.07, 6.45) is 93.0. The second-order valence-corrected chi connectivity index (χ2v) is 23.0.